The minimum absolute atomic E-state index is 0.781. The summed E-state index contributed by atoms with van der Waals surface area (Å²) in [6.45, 7) is 6.92. The van der Waals surface area contributed by atoms with Crippen molar-refractivity contribution in [1.29, 1.82) is 0 Å². The molecule has 0 amide bonds. The highest BCUT2D eigenvalue weighted by Crippen LogP contribution is 2.14. The van der Waals surface area contributed by atoms with Gasteiger partial charge in [-0.2, -0.15) is 0 Å². The van der Waals surface area contributed by atoms with Gasteiger partial charge in [-0.15, -0.1) is 0 Å². The lowest BCUT2D eigenvalue weighted by atomic mass is 9.99. The minimum atomic E-state index is 0.781. The van der Waals surface area contributed by atoms with Crippen LogP contribution >= 0.6 is 0 Å². The van der Waals surface area contributed by atoms with Crippen LogP contribution in [0.25, 0.3) is 0 Å². The van der Waals surface area contributed by atoms with E-state index in [2.05, 4.69) is 25.2 Å². The number of piperidine rings is 1. The van der Waals surface area contributed by atoms with Crippen molar-refractivity contribution in [2.45, 2.75) is 33.1 Å². The first-order valence-electron chi connectivity index (χ1n) is 4.73. The number of allylic oxidation sites excluding steroid dienone is 1. The molecule has 11 heavy (non-hydrogen) atoms. The van der Waals surface area contributed by atoms with E-state index in [9.17, 15) is 0 Å². The van der Waals surface area contributed by atoms with Gasteiger partial charge in [-0.25, -0.2) is 0 Å². The van der Waals surface area contributed by atoms with E-state index >= 15 is 0 Å². The molecule has 0 spiro atoms. The van der Waals surface area contributed by atoms with E-state index in [0.717, 1.165) is 5.92 Å². The van der Waals surface area contributed by atoms with E-state index in [-0.39, 0.29) is 0 Å². The molecular weight excluding hydrogens is 134 g/mol. The molecule has 1 aliphatic rings. The zero-order valence-corrected chi connectivity index (χ0v) is 7.69. The highest BCUT2D eigenvalue weighted by molar-refractivity contribution is 5.06. The molecular formula is C10H19N. The summed E-state index contributed by atoms with van der Waals surface area (Å²) >= 11 is 0. The van der Waals surface area contributed by atoms with E-state index in [1.54, 1.807) is 5.57 Å². The third kappa shape index (κ3) is 3.06. The Morgan fingerprint density at radius 3 is 2.64 bits per heavy atom. The molecule has 1 unspecified atom stereocenters. The fourth-order valence-electron chi connectivity index (χ4n) is 1.43. The normalized spacial score (nSPS) is 21.5. The van der Waals surface area contributed by atoms with Crippen molar-refractivity contribution in [3.8, 4) is 0 Å². The van der Waals surface area contributed by atoms with Crippen LogP contribution in [0, 0.1) is 5.92 Å². The summed E-state index contributed by atoms with van der Waals surface area (Å²) < 4.78 is 0. The first kappa shape index (κ1) is 8.79. The molecule has 1 rings (SSSR count). The quantitative estimate of drug-likeness (QED) is 0.600. The molecule has 1 heteroatoms. The van der Waals surface area contributed by atoms with Crippen molar-refractivity contribution >= 4 is 0 Å². The van der Waals surface area contributed by atoms with Gasteiger partial charge in [0.05, 0.1) is 0 Å². The van der Waals surface area contributed by atoms with Crippen LogP contribution in [0.15, 0.2) is 11.6 Å². The van der Waals surface area contributed by atoms with E-state index in [1.165, 1.54) is 32.4 Å². The predicted molar refractivity (Wildman–Crippen MR) is 49.6 cm³/mol. The molecule has 0 saturated carbocycles. The molecule has 0 aliphatic carbocycles. The molecule has 1 heterocycles. The molecule has 0 aromatic rings. The lowest BCUT2D eigenvalue weighted by molar-refractivity contribution is 0.593. The van der Waals surface area contributed by atoms with Gasteiger partial charge in [0.2, 0.25) is 0 Å². The summed E-state index contributed by atoms with van der Waals surface area (Å²) in [5.41, 5.74) is 1.66. The Bertz CT molecular complexity index is 130. The van der Waals surface area contributed by atoms with Gasteiger partial charge < -0.3 is 5.32 Å². The fourth-order valence-corrected chi connectivity index (χ4v) is 1.43. The molecule has 1 atom stereocenters. The van der Waals surface area contributed by atoms with Crippen molar-refractivity contribution in [3.63, 3.8) is 0 Å². The average molecular weight is 153 g/mol. The van der Waals surface area contributed by atoms with E-state index in [0.29, 0.717) is 0 Å². The number of hydrogen-bond acceptors (Lipinski definition) is 1. The molecule has 1 fully saturated rings. The maximum atomic E-state index is 3.37. The van der Waals surface area contributed by atoms with Crippen LogP contribution in [0.1, 0.15) is 33.1 Å². The van der Waals surface area contributed by atoms with Gasteiger partial charge in [-0.1, -0.05) is 31.9 Å². The third-order valence-electron chi connectivity index (χ3n) is 2.41. The molecule has 0 aromatic heterocycles. The zero-order chi connectivity index (χ0) is 8.10. The summed E-state index contributed by atoms with van der Waals surface area (Å²) in [6.07, 6.45) is 6.27. The molecule has 1 aliphatic heterocycles. The fraction of sp³-hybridized carbons (Fsp3) is 0.800. The Hall–Kier alpha value is -0.300. The van der Waals surface area contributed by atoms with Gasteiger partial charge in [0.25, 0.3) is 0 Å². The van der Waals surface area contributed by atoms with Gasteiger partial charge >= 0.3 is 0 Å². The molecule has 0 aromatic carbocycles. The van der Waals surface area contributed by atoms with E-state index in [4.69, 9.17) is 0 Å². The Morgan fingerprint density at radius 1 is 1.45 bits per heavy atom. The van der Waals surface area contributed by atoms with Crippen molar-refractivity contribution in [2.24, 2.45) is 5.92 Å². The van der Waals surface area contributed by atoms with Crippen molar-refractivity contribution in [2.75, 3.05) is 13.1 Å². The lowest BCUT2D eigenvalue weighted by Crippen LogP contribution is -2.23. The van der Waals surface area contributed by atoms with Crippen LogP contribution in [0.2, 0.25) is 0 Å². The summed E-state index contributed by atoms with van der Waals surface area (Å²) in [6, 6.07) is 0. The first-order valence-corrected chi connectivity index (χ1v) is 4.73. The van der Waals surface area contributed by atoms with Gasteiger partial charge in [0.15, 0.2) is 0 Å². The largest absolute Gasteiger partial charge is 0.316 e. The van der Waals surface area contributed by atoms with Gasteiger partial charge in [0, 0.05) is 0 Å². The SMILES string of the molecule is CCC(C)C=C1CCNCC1. The third-order valence-corrected chi connectivity index (χ3v) is 2.41. The number of nitrogens with one attached hydrogen (secondary N) is 1. The summed E-state index contributed by atoms with van der Waals surface area (Å²) in [5, 5.41) is 3.37. The monoisotopic (exact) mass is 153 g/mol. The molecule has 1 saturated heterocycles. The first-order chi connectivity index (χ1) is 5.33. The minimum Gasteiger partial charge on any atom is -0.316 e. The smallest absolute Gasteiger partial charge is 0.00115 e. The summed E-state index contributed by atoms with van der Waals surface area (Å²) in [4.78, 5) is 0. The average Bonchev–Trinajstić information content (AvgIpc) is 2.06. The maximum absolute atomic E-state index is 3.37. The maximum Gasteiger partial charge on any atom is -0.00115 e. The Balaban J connectivity index is 2.37. The van der Waals surface area contributed by atoms with Crippen LogP contribution in [0.3, 0.4) is 0 Å². The van der Waals surface area contributed by atoms with Crippen molar-refractivity contribution < 1.29 is 0 Å². The standard InChI is InChI=1S/C10H19N/c1-3-9(2)8-10-4-6-11-7-5-10/h8-9,11H,3-7H2,1-2H3. The summed E-state index contributed by atoms with van der Waals surface area (Å²) in [5.74, 6) is 0.781. The van der Waals surface area contributed by atoms with E-state index < -0.39 is 0 Å². The molecule has 1 N–H and O–H groups in total. The highest BCUT2D eigenvalue weighted by atomic mass is 14.9. The van der Waals surface area contributed by atoms with E-state index in [1.807, 2.05) is 0 Å². The van der Waals surface area contributed by atoms with Crippen LogP contribution in [-0.4, -0.2) is 13.1 Å². The lowest BCUT2D eigenvalue weighted by Gasteiger charge is -2.16. The second kappa shape index (κ2) is 4.55. The predicted octanol–water partition coefficient (Wildman–Crippen LogP) is 2.34. The molecule has 64 valence electrons. The highest BCUT2D eigenvalue weighted by Gasteiger charge is 2.04. The summed E-state index contributed by atoms with van der Waals surface area (Å²) in [7, 11) is 0. The number of hydrogen-bond donors (Lipinski definition) is 1. The van der Waals surface area contributed by atoms with Crippen molar-refractivity contribution in [1.82, 2.24) is 5.32 Å². The van der Waals surface area contributed by atoms with Gasteiger partial charge in [-0.3, -0.25) is 0 Å². The second-order valence-corrected chi connectivity index (χ2v) is 3.46. The Kier molecular flexibility index (Phi) is 3.64. The number of rotatable bonds is 2. The van der Waals surface area contributed by atoms with Gasteiger partial charge in [0.1, 0.15) is 0 Å². The van der Waals surface area contributed by atoms with Crippen LogP contribution < -0.4 is 5.32 Å². The molecule has 1 nitrogen and oxygen atoms in total. The van der Waals surface area contributed by atoms with Crippen molar-refractivity contribution in [3.05, 3.63) is 11.6 Å². The second-order valence-electron chi connectivity index (χ2n) is 3.46. The van der Waals surface area contributed by atoms with Gasteiger partial charge in [-0.05, 0) is 31.8 Å². The molecule has 0 bridgehead atoms. The van der Waals surface area contributed by atoms with Crippen LogP contribution in [-0.2, 0) is 0 Å². The van der Waals surface area contributed by atoms with Crippen LogP contribution in [0.4, 0.5) is 0 Å². The van der Waals surface area contributed by atoms with Crippen LogP contribution in [0.5, 0.6) is 0 Å². The Morgan fingerprint density at radius 2 is 2.09 bits per heavy atom. The zero-order valence-electron chi connectivity index (χ0n) is 7.69. The molecule has 0 radical (unpaired) electrons. The topological polar surface area (TPSA) is 12.0 Å². The Labute approximate surface area is 69.9 Å².